The largest absolute Gasteiger partial charge is 0.354 e. The minimum absolute atomic E-state index is 0.152. The maximum Gasteiger partial charge on any atom is 0.257 e. The van der Waals surface area contributed by atoms with Gasteiger partial charge in [0.1, 0.15) is 5.82 Å². The van der Waals surface area contributed by atoms with Gasteiger partial charge in [-0.1, -0.05) is 13.0 Å². The normalized spacial score (nSPS) is 16.7. The second kappa shape index (κ2) is 8.66. The average Bonchev–Trinajstić information content (AvgIpc) is 2.68. The molecule has 142 valence electrons. The molecular formula is C21H26N4O2. The Balaban J connectivity index is 1.68. The molecule has 2 heterocycles. The summed E-state index contributed by atoms with van der Waals surface area (Å²) in [6.07, 6.45) is 6.39. The summed E-state index contributed by atoms with van der Waals surface area (Å²) >= 11 is 0. The van der Waals surface area contributed by atoms with Crippen molar-refractivity contribution in [3.63, 3.8) is 0 Å². The molecule has 2 aromatic rings. The van der Waals surface area contributed by atoms with E-state index in [2.05, 4.69) is 27.4 Å². The van der Waals surface area contributed by atoms with Gasteiger partial charge in [0.2, 0.25) is 5.91 Å². The molecule has 1 aliphatic heterocycles. The molecule has 6 heteroatoms. The lowest BCUT2D eigenvalue weighted by atomic mass is 10.00. The van der Waals surface area contributed by atoms with Gasteiger partial charge in [-0.15, -0.1) is 0 Å². The summed E-state index contributed by atoms with van der Waals surface area (Å²) in [4.78, 5) is 30.5. The van der Waals surface area contributed by atoms with Crippen LogP contribution in [0.2, 0.25) is 0 Å². The van der Waals surface area contributed by atoms with Crippen LogP contribution in [0.3, 0.4) is 0 Å². The number of hydrogen-bond acceptors (Lipinski definition) is 4. The fourth-order valence-corrected chi connectivity index (χ4v) is 3.50. The zero-order valence-corrected chi connectivity index (χ0v) is 15.9. The highest BCUT2D eigenvalue weighted by molar-refractivity contribution is 6.04. The van der Waals surface area contributed by atoms with Crippen molar-refractivity contribution in [3.8, 4) is 0 Å². The molecule has 2 N–H and O–H groups in total. The van der Waals surface area contributed by atoms with Gasteiger partial charge in [0.25, 0.3) is 5.91 Å². The van der Waals surface area contributed by atoms with Crippen molar-refractivity contribution in [3.05, 3.63) is 48.2 Å². The lowest BCUT2D eigenvalue weighted by Crippen LogP contribution is -2.39. The van der Waals surface area contributed by atoms with E-state index in [0.717, 1.165) is 18.8 Å². The third-order valence-corrected chi connectivity index (χ3v) is 4.84. The maximum absolute atomic E-state index is 12.5. The second-order valence-electron chi connectivity index (χ2n) is 6.87. The van der Waals surface area contributed by atoms with Crippen molar-refractivity contribution < 1.29 is 9.59 Å². The van der Waals surface area contributed by atoms with Gasteiger partial charge in [-0.05, 0) is 56.0 Å². The summed E-state index contributed by atoms with van der Waals surface area (Å²) < 4.78 is 0. The fourth-order valence-electron chi connectivity index (χ4n) is 3.50. The molecule has 0 saturated carbocycles. The number of carbonyl (C=O) groups is 2. The highest BCUT2D eigenvalue weighted by atomic mass is 16.2. The molecule has 0 bridgehead atoms. The molecule has 1 aliphatic rings. The number of rotatable bonds is 5. The monoisotopic (exact) mass is 366 g/mol. The van der Waals surface area contributed by atoms with E-state index in [1.807, 2.05) is 12.1 Å². The van der Waals surface area contributed by atoms with Crippen LogP contribution >= 0.6 is 0 Å². The van der Waals surface area contributed by atoms with Crippen LogP contribution in [0.25, 0.3) is 0 Å². The number of piperidine rings is 1. The van der Waals surface area contributed by atoms with Crippen molar-refractivity contribution in [2.24, 2.45) is 0 Å². The minimum Gasteiger partial charge on any atom is -0.354 e. The molecule has 1 aromatic carbocycles. The molecule has 1 aromatic heterocycles. The Hall–Kier alpha value is -2.89. The van der Waals surface area contributed by atoms with Crippen molar-refractivity contribution in [2.45, 2.75) is 45.6 Å². The van der Waals surface area contributed by atoms with Gasteiger partial charge in [0.05, 0.1) is 5.56 Å². The van der Waals surface area contributed by atoms with Crippen LogP contribution in [-0.2, 0) is 4.79 Å². The minimum atomic E-state index is -0.222. The number of nitrogens with zero attached hydrogens (tertiary/aromatic N) is 2. The van der Waals surface area contributed by atoms with Crippen LogP contribution in [0.5, 0.6) is 0 Å². The third-order valence-electron chi connectivity index (χ3n) is 4.84. The molecule has 1 saturated heterocycles. The molecular weight excluding hydrogens is 340 g/mol. The van der Waals surface area contributed by atoms with Gasteiger partial charge < -0.3 is 15.5 Å². The molecule has 2 amide bonds. The third kappa shape index (κ3) is 4.84. The standard InChI is InChI=1S/C21H26N4O2/c1-3-19-9-4-5-12-25(19)20-11-10-16(14-22-20)21(27)24-18-8-6-7-17(13-18)23-15(2)26/h6-8,10-11,13-14,19H,3-5,9,12H2,1-2H3,(H,23,26)(H,24,27). The Morgan fingerprint density at radius 1 is 1.15 bits per heavy atom. The number of benzene rings is 1. The highest BCUT2D eigenvalue weighted by Gasteiger charge is 2.22. The first kappa shape index (κ1) is 18.9. The molecule has 0 spiro atoms. The maximum atomic E-state index is 12.5. The van der Waals surface area contributed by atoms with Crippen molar-refractivity contribution in [2.75, 3.05) is 22.1 Å². The SMILES string of the molecule is CCC1CCCCN1c1ccc(C(=O)Nc2cccc(NC(C)=O)c2)cn1. The smallest absolute Gasteiger partial charge is 0.257 e. The van der Waals surface area contributed by atoms with Crippen LogP contribution in [0, 0.1) is 0 Å². The number of hydrogen-bond donors (Lipinski definition) is 2. The number of aromatic nitrogens is 1. The Labute approximate surface area is 160 Å². The Kier molecular flexibility index (Phi) is 6.06. The van der Waals surface area contributed by atoms with E-state index in [4.69, 9.17) is 0 Å². The van der Waals surface area contributed by atoms with E-state index in [1.165, 1.54) is 26.2 Å². The molecule has 3 rings (SSSR count). The zero-order chi connectivity index (χ0) is 19.2. The first-order valence-corrected chi connectivity index (χ1v) is 9.48. The molecule has 1 atom stereocenters. The van der Waals surface area contributed by atoms with Crippen LogP contribution in [-0.4, -0.2) is 29.4 Å². The number of nitrogens with one attached hydrogen (secondary N) is 2. The number of amides is 2. The average molecular weight is 366 g/mol. The first-order valence-electron chi connectivity index (χ1n) is 9.48. The van der Waals surface area contributed by atoms with Crippen molar-refractivity contribution in [1.29, 1.82) is 0 Å². The fraction of sp³-hybridized carbons (Fsp3) is 0.381. The predicted molar refractivity (Wildman–Crippen MR) is 108 cm³/mol. The van der Waals surface area contributed by atoms with Gasteiger partial charge in [-0.3, -0.25) is 9.59 Å². The predicted octanol–water partition coefficient (Wildman–Crippen LogP) is 4.06. The Morgan fingerprint density at radius 3 is 2.59 bits per heavy atom. The zero-order valence-electron chi connectivity index (χ0n) is 15.9. The number of pyridine rings is 1. The lowest BCUT2D eigenvalue weighted by Gasteiger charge is -2.36. The summed E-state index contributed by atoms with van der Waals surface area (Å²) in [6, 6.07) is 11.3. The van der Waals surface area contributed by atoms with Gasteiger partial charge in [-0.25, -0.2) is 4.98 Å². The highest BCUT2D eigenvalue weighted by Crippen LogP contribution is 2.25. The van der Waals surface area contributed by atoms with Crippen LogP contribution in [0.4, 0.5) is 17.2 Å². The van der Waals surface area contributed by atoms with E-state index in [0.29, 0.717) is 23.0 Å². The van der Waals surface area contributed by atoms with E-state index < -0.39 is 0 Å². The Morgan fingerprint density at radius 2 is 1.93 bits per heavy atom. The van der Waals surface area contributed by atoms with Crippen LogP contribution < -0.4 is 15.5 Å². The molecule has 0 radical (unpaired) electrons. The summed E-state index contributed by atoms with van der Waals surface area (Å²) in [5, 5.41) is 5.55. The van der Waals surface area contributed by atoms with E-state index in [1.54, 1.807) is 30.5 Å². The number of anilines is 3. The van der Waals surface area contributed by atoms with E-state index in [9.17, 15) is 9.59 Å². The molecule has 27 heavy (non-hydrogen) atoms. The number of carbonyl (C=O) groups excluding carboxylic acids is 2. The summed E-state index contributed by atoms with van der Waals surface area (Å²) in [7, 11) is 0. The molecule has 1 unspecified atom stereocenters. The summed E-state index contributed by atoms with van der Waals surface area (Å²) in [6.45, 7) is 4.68. The summed E-state index contributed by atoms with van der Waals surface area (Å²) in [5.41, 5.74) is 1.77. The van der Waals surface area contributed by atoms with Crippen LogP contribution in [0.1, 0.15) is 49.9 Å². The van der Waals surface area contributed by atoms with Crippen molar-refractivity contribution >= 4 is 29.0 Å². The van der Waals surface area contributed by atoms with E-state index >= 15 is 0 Å². The van der Waals surface area contributed by atoms with Gasteiger partial charge in [-0.2, -0.15) is 0 Å². The first-order chi connectivity index (χ1) is 13.1. The van der Waals surface area contributed by atoms with Gasteiger partial charge in [0, 0.05) is 37.1 Å². The van der Waals surface area contributed by atoms with E-state index in [-0.39, 0.29) is 11.8 Å². The van der Waals surface area contributed by atoms with Crippen LogP contribution in [0.15, 0.2) is 42.6 Å². The molecule has 0 aliphatic carbocycles. The second-order valence-corrected chi connectivity index (χ2v) is 6.87. The Bertz CT molecular complexity index is 804. The quantitative estimate of drug-likeness (QED) is 0.837. The van der Waals surface area contributed by atoms with Gasteiger partial charge in [0.15, 0.2) is 0 Å². The van der Waals surface area contributed by atoms with Crippen molar-refractivity contribution in [1.82, 2.24) is 4.98 Å². The summed E-state index contributed by atoms with van der Waals surface area (Å²) in [5.74, 6) is 0.562. The van der Waals surface area contributed by atoms with Gasteiger partial charge >= 0.3 is 0 Å². The molecule has 1 fully saturated rings. The topological polar surface area (TPSA) is 74.3 Å². The molecule has 6 nitrogen and oxygen atoms in total. The lowest BCUT2D eigenvalue weighted by molar-refractivity contribution is -0.114.